The second-order valence-electron chi connectivity index (χ2n) is 10.3. The highest BCUT2D eigenvalue weighted by Crippen LogP contribution is 2.40. The van der Waals surface area contributed by atoms with Crippen molar-refractivity contribution in [1.29, 1.82) is 0 Å². The van der Waals surface area contributed by atoms with Crippen LogP contribution in [0.5, 0.6) is 0 Å². The van der Waals surface area contributed by atoms with Gasteiger partial charge >= 0.3 is 6.09 Å². The molecule has 3 aromatic rings. The third-order valence-electron chi connectivity index (χ3n) is 6.49. The van der Waals surface area contributed by atoms with Crippen molar-refractivity contribution in [3.63, 3.8) is 0 Å². The molecule has 0 radical (unpaired) electrons. The quantitative estimate of drug-likeness (QED) is 0.416. The molecular weight excluding hydrogens is 436 g/mol. The molecule has 2 heterocycles. The number of rotatable bonds is 8. The number of hydrogen-bond donors (Lipinski definition) is 1. The Morgan fingerprint density at radius 3 is 2.49 bits per heavy atom. The molecule has 0 spiro atoms. The Morgan fingerprint density at radius 2 is 1.89 bits per heavy atom. The lowest BCUT2D eigenvalue weighted by atomic mass is 9.84. The average molecular weight is 473 g/mol. The van der Waals surface area contributed by atoms with Crippen LogP contribution in [0.15, 0.2) is 79.7 Å². The Kier molecular flexibility index (Phi) is 7.71. The molecule has 1 aliphatic rings. The van der Waals surface area contributed by atoms with Crippen molar-refractivity contribution in [2.24, 2.45) is 11.3 Å². The number of amides is 1. The van der Waals surface area contributed by atoms with Gasteiger partial charge in [-0.05, 0) is 36.4 Å². The monoisotopic (exact) mass is 472 g/mol. The second kappa shape index (κ2) is 10.9. The van der Waals surface area contributed by atoms with E-state index < -0.39 is 0 Å². The van der Waals surface area contributed by atoms with E-state index in [4.69, 9.17) is 9.72 Å². The standard InChI is InChI=1S/C29H36N4O2/c1-5-35-28(34)33(20-23-16-17-30-18-23)26(29(2,3)4)27-31-25(24-14-10-7-11-15-24)21-32(27)19-22-12-8-6-9-13-22/h5-15,21,23,26,30H,1,16-20H2,2-4H3/t23-,26-/m0/s1. The summed E-state index contributed by atoms with van der Waals surface area (Å²) in [6.07, 6.45) is 3.96. The maximum absolute atomic E-state index is 13.3. The number of carbonyl (C=O) groups excluding carboxylic acids is 1. The molecule has 1 aromatic heterocycles. The topological polar surface area (TPSA) is 59.4 Å². The lowest BCUT2D eigenvalue weighted by Crippen LogP contribution is -2.45. The van der Waals surface area contributed by atoms with Crippen LogP contribution in [0.2, 0.25) is 0 Å². The van der Waals surface area contributed by atoms with E-state index in [-0.39, 0.29) is 17.6 Å². The number of aromatic nitrogens is 2. The van der Waals surface area contributed by atoms with Crippen molar-refractivity contribution in [2.45, 2.75) is 39.8 Å². The third-order valence-corrected chi connectivity index (χ3v) is 6.49. The van der Waals surface area contributed by atoms with Gasteiger partial charge in [0.05, 0.1) is 18.0 Å². The maximum atomic E-state index is 13.3. The fraction of sp³-hybridized carbons (Fsp3) is 0.379. The van der Waals surface area contributed by atoms with E-state index in [1.807, 2.05) is 41.3 Å². The van der Waals surface area contributed by atoms with E-state index >= 15 is 0 Å². The summed E-state index contributed by atoms with van der Waals surface area (Å²) in [6.45, 7) is 13.2. The van der Waals surface area contributed by atoms with Crippen LogP contribution < -0.4 is 5.32 Å². The fourth-order valence-electron chi connectivity index (χ4n) is 4.87. The van der Waals surface area contributed by atoms with Crippen LogP contribution in [-0.4, -0.2) is 40.2 Å². The maximum Gasteiger partial charge on any atom is 0.415 e. The molecular formula is C29H36N4O2. The lowest BCUT2D eigenvalue weighted by molar-refractivity contribution is 0.0632. The Hall–Kier alpha value is -3.38. The summed E-state index contributed by atoms with van der Waals surface area (Å²) >= 11 is 0. The molecule has 0 bridgehead atoms. The predicted molar refractivity (Wildman–Crippen MR) is 140 cm³/mol. The molecule has 1 aliphatic heterocycles. The van der Waals surface area contributed by atoms with Gasteiger partial charge in [-0.15, -0.1) is 0 Å². The number of carbonyl (C=O) groups is 1. The molecule has 1 N–H and O–H groups in total. The summed E-state index contributed by atoms with van der Waals surface area (Å²) < 4.78 is 7.54. The van der Waals surface area contributed by atoms with Crippen LogP contribution in [0.4, 0.5) is 4.79 Å². The predicted octanol–water partition coefficient (Wildman–Crippen LogP) is 5.88. The van der Waals surface area contributed by atoms with E-state index in [0.717, 1.165) is 36.6 Å². The number of ether oxygens (including phenoxy) is 1. The minimum absolute atomic E-state index is 0.292. The molecule has 6 heteroatoms. The molecule has 1 amide bonds. The SMILES string of the molecule is C=COC(=O)N(C[C@H]1CCNC1)[C@@H](c1nc(-c2ccccc2)cn1Cc1ccccc1)C(C)(C)C. The molecule has 2 aromatic carbocycles. The molecule has 2 atom stereocenters. The number of hydrogen-bond acceptors (Lipinski definition) is 4. The Balaban J connectivity index is 1.82. The van der Waals surface area contributed by atoms with Crippen molar-refractivity contribution in [2.75, 3.05) is 19.6 Å². The Morgan fingerprint density at radius 1 is 1.20 bits per heavy atom. The van der Waals surface area contributed by atoms with Gasteiger partial charge in [-0.1, -0.05) is 88.0 Å². The first-order valence-corrected chi connectivity index (χ1v) is 12.3. The third kappa shape index (κ3) is 6.01. The molecule has 35 heavy (non-hydrogen) atoms. The molecule has 0 unspecified atom stereocenters. The summed E-state index contributed by atoms with van der Waals surface area (Å²) in [4.78, 5) is 20.3. The van der Waals surface area contributed by atoms with Crippen LogP contribution in [0.1, 0.15) is 44.6 Å². The summed E-state index contributed by atoms with van der Waals surface area (Å²) in [7, 11) is 0. The lowest BCUT2D eigenvalue weighted by Gasteiger charge is -2.40. The number of nitrogens with one attached hydrogen (secondary N) is 1. The van der Waals surface area contributed by atoms with Crippen molar-refractivity contribution in [1.82, 2.24) is 19.8 Å². The van der Waals surface area contributed by atoms with Crippen LogP contribution in [0.25, 0.3) is 11.3 Å². The van der Waals surface area contributed by atoms with Gasteiger partial charge < -0.3 is 14.6 Å². The summed E-state index contributed by atoms with van der Waals surface area (Å²) in [5.41, 5.74) is 2.83. The minimum atomic E-state index is -0.387. The average Bonchev–Trinajstić information content (AvgIpc) is 3.50. The van der Waals surface area contributed by atoms with Gasteiger partial charge in [-0.25, -0.2) is 9.78 Å². The largest absolute Gasteiger partial charge is 0.419 e. The highest BCUT2D eigenvalue weighted by Gasteiger charge is 2.40. The van der Waals surface area contributed by atoms with E-state index in [0.29, 0.717) is 19.0 Å². The summed E-state index contributed by atoms with van der Waals surface area (Å²) in [5.74, 6) is 1.22. The first-order chi connectivity index (χ1) is 16.9. The van der Waals surface area contributed by atoms with Gasteiger partial charge in [-0.3, -0.25) is 4.90 Å². The zero-order chi connectivity index (χ0) is 24.8. The van der Waals surface area contributed by atoms with E-state index in [2.05, 4.69) is 67.7 Å². The zero-order valence-electron chi connectivity index (χ0n) is 21.0. The van der Waals surface area contributed by atoms with E-state index in [1.54, 1.807) is 0 Å². The van der Waals surface area contributed by atoms with Gasteiger partial charge in [0, 0.05) is 24.8 Å². The Bertz CT molecular complexity index is 1110. The minimum Gasteiger partial charge on any atom is -0.419 e. The van der Waals surface area contributed by atoms with Crippen molar-refractivity contribution in [3.8, 4) is 11.3 Å². The summed E-state index contributed by atoms with van der Waals surface area (Å²) in [6, 6.07) is 20.2. The molecule has 184 valence electrons. The van der Waals surface area contributed by atoms with Crippen LogP contribution in [0.3, 0.4) is 0 Å². The van der Waals surface area contributed by atoms with Crippen molar-refractivity contribution < 1.29 is 9.53 Å². The fourth-order valence-corrected chi connectivity index (χ4v) is 4.87. The smallest absolute Gasteiger partial charge is 0.415 e. The molecule has 6 nitrogen and oxygen atoms in total. The molecule has 1 fully saturated rings. The van der Waals surface area contributed by atoms with Gasteiger partial charge in [-0.2, -0.15) is 0 Å². The second-order valence-corrected chi connectivity index (χ2v) is 10.3. The van der Waals surface area contributed by atoms with Gasteiger partial charge in [0.2, 0.25) is 0 Å². The number of nitrogens with zero attached hydrogens (tertiary/aromatic N) is 3. The normalized spacial score (nSPS) is 16.6. The van der Waals surface area contributed by atoms with Crippen LogP contribution in [0, 0.1) is 11.3 Å². The molecule has 0 saturated carbocycles. The van der Waals surface area contributed by atoms with E-state index in [1.165, 1.54) is 11.8 Å². The van der Waals surface area contributed by atoms with Gasteiger partial charge in [0.25, 0.3) is 0 Å². The molecule has 0 aliphatic carbocycles. The van der Waals surface area contributed by atoms with Crippen molar-refractivity contribution in [3.05, 3.63) is 91.1 Å². The van der Waals surface area contributed by atoms with Crippen LogP contribution >= 0.6 is 0 Å². The number of imidazole rings is 1. The van der Waals surface area contributed by atoms with Crippen molar-refractivity contribution >= 4 is 6.09 Å². The molecule has 4 rings (SSSR count). The summed E-state index contributed by atoms with van der Waals surface area (Å²) in [5, 5.41) is 3.42. The highest BCUT2D eigenvalue weighted by atomic mass is 16.5. The number of benzene rings is 2. The molecule has 1 saturated heterocycles. The van der Waals surface area contributed by atoms with Gasteiger partial charge in [0.15, 0.2) is 0 Å². The highest BCUT2D eigenvalue weighted by molar-refractivity contribution is 5.69. The Labute approximate surface area is 208 Å². The van der Waals surface area contributed by atoms with E-state index in [9.17, 15) is 4.79 Å². The zero-order valence-corrected chi connectivity index (χ0v) is 21.0. The first kappa shape index (κ1) is 24.7. The van der Waals surface area contributed by atoms with Crippen LogP contribution in [-0.2, 0) is 11.3 Å². The van der Waals surface area contributed by atoms with Gasteiger partial charge in [0.1, 0.15) is 5.82 Å². The first-order valence-electron chi connectivity index (χ1n) is 12.3.